The molecule has 2 atom stereocenters. The molecule has 3 aliphatic rings. The number of hydrogen-bond donors (Lipinski definition) is 0. The number of allylic oxidation sites excluding steroid dienone is 5. The summed E-state index contributed by atoms with van der Waals surface area (Å²) in [5.74, 6) is 0.922. The van der Waals surface area contributed by atoms with Crippen molar-refractivity contribution in [3.8, 4) is 22.5 Å². The minimum Gasteiger partial charge on any atom is -0.291 e. The van der Waals surface area contributed by atoms with Crippen LogP contribution in [-0.4, -0.2) is 9.38 Å². The zero-order valence-corrected chi connectivity index (χ0v) is 25.2. The Hall–Kier alpha value is -5.21. The van der Waals surface area contributed by atoms with Gasteiger partial charge in [-0.05, 0) is 76.8 Å². The molecular formula is C43H34N2. The van der Waals surface area contributed by atoms with Gasteiger partial charge in [-0.2, -0.15) is 0 Å². The van der Waals surface area contributed by atoms with Crippen LogP contribution < -0.4 is 10.4 Å². The molecule has 4 aromatic carbocycles. The fraction of sp³-hybridized carbons (Fsp3) is 0.140. The van der Waals surface area contributed by atoms with Crippen LogP contribution in [0, 0.1) is 11.8 Å². The summed E-state index contributed by atoms with van der Waals surface area (Å²) in [6, 6.07) is 37.2. The molecule has 9 rings (SSSR count). The molecule has 2 unspecified atom stereocenters. The molecule has 0 fully saturated rings. The lowest BCUT2D eigenvalue weighted by Gasteiger charge is -2.28. The third-order valence-corrected chi connectivity index (χ3v) is 9.96. The molecule has 0 saturated carbocycles. The number of rotatable bonds is 4. The van der Waals surface area contributed by atoms with Crippen LogP contribution in [-0.2, 0) is 6.42 Å². The fourth-order valence-corrected chi connectivity index (χ4v) is 7.67. The van der Waals surface area contributed by atoms with Gasteiger partial charge in [0.1, 0.15) is 5.65 Å². The SMILES string of the molecule is C1=CC(C2C=Cc3c(c4ccccc4n4c(-c5ccccc5)c(-c5ccccc5)nc34)C2)CC=C1c1ccc2c(c1)=CCCC=2. The van der Waals surface area contributed by atoms with Crippen LogP contribution in [0.3, 0.4) is 0 Å². The van der Waals surface area contributed by atoms with Gasteiger partial charge in [-0.25, -0.2) is 4.98 Å². The average Bonchev–Trinajstić information content (AvgIpc) is 3.53. The van der Waals surface area contributed by atoms with E-state index >= 15 is 0 Å². The van der Waals surface area contributed by atoms with Crippen LogP contribution >= 0.6 is 0 Å². The lowest BCUT2D eigenvalue weighted by atomic mass is 9.77. The number of imidazole rings is 1. The molecule has 2 aromatic heterocycles. The average molecular weight is 579 g/mol. The van der Waals surface area contributed by atoms with Crippen LogP contribution in [0.25, 0.3) is 62.9 Å². The molecule has 3 aliphatic carbocycles. The number of aromatic nitrogens is 2. The molecule has 6 aromatic rings. The van der Waals surface area contributed by atoms with E-state index < -0.39 is 0 Å². The highest BCUT2D eigenvalue weighted by molar-refractivity contribution is 5.96. The lowest BCUT2D eigenvalue weighted by molar-refractivity contribution is 0.473. The summed E-state index contributed by atoms with van der Waals surface area (Å²) in [6.07, 6.45) is 21.2. The maximum atomic E-state index is 5.42. The first-order valence-electron chi connectivity index (χ1n) is 16.3. The maximum absolute atomic E-state index is 5.42. The second-order valence-corrected chi connectivity index (χ2v) is 12.6. The van der Waals surface area contributed by atoms with Gasteiger partial charge in [0.2, 0.25) is 0 Å². The van der Waals surface area contributed by atoms with Crippen LogP contribution in [0.2, 0.25) is 0 Å². The van der Waals surface area contributed by atoms with Crippen molar-refractivity contribution in [1.29, 1.82) is 0 Å². The Balaban J connectivity index is 1.13. The van der Waals surface area contributed by atoms with E-state index in [2.05, 4.69) is 150 Å². The number of hydrogen-bond acceptors (Lipinski definition) is 1. The van der Waals surface area contributed by atoms with E-state index in [1.165, 1.54) is 49.2 Å². The quantitative estimate of drug-likeness (QED) is 0.204. The second-order valence-electron chi connectivity index (χ2n) is 12.6. The topological polar surface area (TPSA) is 17.3 Å². The predicted molar refractivity (Wildman–Crippen MR) is 189 cm³/mol. The van der Waals surface area contributed by atoms with Crippen molar-refractivity contribution in [2.24, 2.45) is 11.8 Å². The van der Waals surface area contributed by atoms with E-state index in [-0.39, 0.29) is 0 Å². The van der Waals surface area contributed by atoms with Gasteiger partial charge in [0.25, 0.3) is 0 Å². The molecule has 2 heteroatoms. The highest BCUT2D eigenvalue weighted by atomic mass is 15.0. The third-order valence-electron chi connectivity index (χ3n) is 9.96. The van der Waals surface area contributed by atoms with Crippen LogP contribution in [0.5, 0.6) is 0 Å². The first kappa shape index (κ1) is 26.2. The first-order valence-corrected chi connectivity index (χ1v) is 16.3. The summed E-state index contributed by atoms with van der Waals surface area (Å²) in [6.45, 7) is 0. The van der Waals surface area contributed by atoms with Gasteiger partial charge in [-0.15, -0.1) is 0 Å². The summed E-state index contributed by atoms with van der Waals surface area (Å²) in [4.78, 5) is 5.42. The number of para-hydroxylation sites is 1. The molecular weight excluding hydrogens is 544 g/mol. The fourth-order valence-electron chi connectivity index (χ4n) is 7.67. The Morgan fingerprint density at radius 3 is 2.16 bits per heavy atom. The van der Waals surface area contributed by atoms with Gasteiger partial charge in [-0.3, -0.25) is 4.40 Å². The zero-order chi connectivity index (χ0) is 29.7. The molecule has 0 radical (unpaired) electrons. The number of nitrogens with zero attached hydrogens (tertiary/aromatic N) is 2. The summed E-state index contributed by atoms with van der Waals surface area (Å²) in [7, 11) is 0. The summed E-state index contributed by atoms with van der Waals surface area (Å²) < 4.78 is 2.40. The molecule has 0 spiro atoms. The van der Waals surface area contributed by atoms with Crippen molar-refractivity contribution in [3.05, 3.63) is 155 Å². The summed E-state index contributed by atoms with van der Waals surface area (Å²) >= 11 is 0. The molecule has 2 heterocycles. The van der Waals surface area contributed by atoms with Crippen molar-refractivity contribution < 1.29 is 0 Å². The minimum atomic E-state index is 0.445. The normalized spacial score (nSPS) is 18.6. The van der Waals surface area contributed by atoms with Crippen molar-refractivity contribution in [1.82, 2.24) is 9.38 Å². The van der Waals surface area contributed by atoms with E-state index in [9.17, 15) is 0 Å². The maximum Gasteiger partial charge on any atom is 0.146 e. The van der Waals surface area contributed by atoms with Crippen LogP contribution in [0.15, 0.2) is 127 Å². The first-order chi connectivity index (χ1) is 22.3. The Morgan fingerprint density at radius 2 is 1.36 bits per heavy atom. The Morgan fingerprint density at radius 1 is 0.622 bits per heavy atom. The summed E-state index contributed by atoms with van der Waals surface area (Å²) in [5, 5.41) is 4.08. The molecule has 45 heavy (non-hydrogen) atoms. The molecule has 0 aliphatic heterocycles. The van der Waals surface area contributed by atoms with Crippen LogP contribution in [0.1, 0.15) is 36.0 Å². The number of pyridine rings is 1. The molecule has 0 bridgehead atoms. The third kappa shape index (κ3) is 4.44. The van der Waals surface area contributed by atoms with Crippen molar-refractivity contribution in [2.75, 3.05) is 0 Å². The van der Waals surface area contributed by atoms with E-state index in [1.54, 1.807) is 0 Å². The molecule has 2 nitrogen and oxygen atoms in total. The minimum absolute atomic E-state index is 0.445. The van der Waals surface area contributed by atoms with Gasteiger partial charge in [-0.1, -0.05) is 134 Å². The standard InChI is InChI=1S/C43H34N2/c1-3-12-32(13-4-1)41-42(33-14-5-2-6-15-33)45-40-18-10-9-17-37(40)39-28-36(25-26-38(39)43(45)44-41)31-21-19-30(20-22-31)35-24-23-29-11-7-8-16-34(29)27-35/h1-6,9-21,23-27,31,36H,7-8,22,28H2. The van der Waals surface area contributed by atoms with Gasteiger partial charge in [0.15, 0.2) is 0 Å². The lowest BCUT2D eigenvalue weighted by Crippen LogP contribution is -2.26. The molecule has 0 N–H and O–H groups in total. The van der Waals surface area contributed by atoms with E-state index in [0.717, 1.165) is 48.3 Å². The largest absolute Gasteiger partial charge is 0.291 e. The predicted octanol–water partition coefficient (Wildman–Crippen LogP) is 9.02. The van der Waals surface area contributed by atoms with Crippen molar-refractivity contribution in [3.63, 3.8) is 0 Å². The van der Waals surface area contributed by atoms with Gasteiger partial charge in [0, 0.05) is 22.1 Å². The molecule has 0 amide bonds. The second kappa shape index (κ2) is 10.7. The smallest absolute Gasteiger partial charge is 0.146 e. The van der Waals surface area contributed by atoms with Crippen molar-refractivity contribution >= 4 is 40.4 Å². The Labute approximate surface area is 263 Å². The Bertz CT molecular complexity index is 2320. The van der Waals surface area contributed by atoms with Crippen LogP contribution in [0.4, 0.5) is 0 Å². The zero-order valence-electron chi connectivity index (χ0n) is 25.2. The Kier molecular flexibility index (Phi) is 6.26. The number of fused-ring (bicyclic) bond motifs is 7. The van der Waals surface area contributed by atoms with Gasteiger partial charge >= 0.3 is 0 Å². The van der Waals surface area contributed by atoms with Crippen molar-refractivity contribution in [2.45, 2.75) is 25.7 Å². The number of benzene rings is 4. The van der Waals surface area contributed by atoms with E-state index in [0.29, 0.717) is 11.8 Å². The molecule has 216 valence electrons. The monoisotopic (exact) mass is 578 g/mol. The highest BCUT2D eigenvalue weighted by Crippen LogP contribution is 2.42. The molecule has 0 saturated heterocycles. The van der Waals surface area contributed by atoms with Gasteiger partial charge in [0.05, 0.1) is 16.9 Å². The van der Waals surface area contributed by atoms with Gasteiger partial charge < -0.3 is 0 Å². The summed E-state index contributed by atoms with van der Waals surface area (Å²) in [5.41, 5.74) is 12.1. The van der Waals surface area contributed by atoms with E-state index in [4.69, 9.17) is 4.98 Å². The highest BCUT2D eigenvalue weighted by Gasteiger charge is 2.28. The van der Waals surface area contributed by atoms with E-state index in [1.807, 2.05) is 0 Å².